The van der Waals surface area contributed by atoms with Gasteiger partial charge >= 0.3 is 0 Å². The van der Waals surface area contributed by atoms with Crippen LogP contribution in [0.2, 0.25) is 0 Å². The van der Waals surface area contributed by atoms with Crippen LogP contribution in [0, 0.1) is 11.3 Å². The first-order valence-corrected chi connectivity index (χ1v) is 13.8. The summed E-state index contributed by atoms with van der Waals surface area (Å²) in [6.07, 6.45) is 9.64. The Labute approximate surface area is 168 Å². The predicted octanol–water partition coefficient (Wildman–Crippen LogP) is 5.06. The maximum atomic E-state index is 12.6. The largest absolute Gasteiger partial charge is 0.356 e. The van der Waals surface area contributed by atoms with E-state index in [-0.39, 0.29) is 15.9 Å². The molecule has 6 heteroatoms. The fourth-order valence-corrected chi connectivity index (χ4v) is 13.1. The van der Waals surface area contributed by atoms with E-state index in [2.05, 4.69) is 54.0 Å². The number of hydrogen-bond donors (Lipinski definition) is 0. The van der Waals surface area contributed by atoms with E-state index in [1.54, 1.807) is 0 Å². The molecule has 4 heterocycles. The standard InChI is InChI=1S/C19H28O2S4/c1-16-4-7-19(21-16)15(22-8-2-11-25-19)14-12-18(23-9-3-10-24-18)6-5-17(14,16)13-20/h13-15H,2-12H2,1H3/t14-,15+,16+,17-,19+/m1/s1. The summed E-state index contributed by atoms with van der Waals surface area (Å²) >= 11 is 8.63. The molecule has 2 spiro atoms. The first-order valence-electron chi connectivity index (χ1n) is 9.77. The van der Waals surface area contributed by atoms with E-state index >= 15 is 0 Å². The first kappa shape index (κ1) is 18.1. The molecule has 4 aliphatic heterocycles. The van der Waals surface area contributed by atoms with Crippen LogP contribution in [0.15, 0.2) is 0 Å². The minimum absolute atomic E-state index is 0.0182. The number of ether oxygens (including phenoxy) is 1. The lowest BCUT2D eigenvalue weighted by molar-refractivity contribution is -0.197. The second-order valence-electron chi connectivity index (χ2n) is 8.57. The van der Waals surface area contributed by atoms with Gasteiger partial charge in [-0.2, -0.15) is 11.8 Å². The van der Waals surface area contributed by atoms with Crippen LogP contribution in [0.1, 0.15) is 51.9 Å². The smallest absolute Gasteiger partial charge is 0.129 e. The van der Waals surface area contributed by atoms with Crippen molar-refractivity contribution in [1.29, 1.82) is 0 Å². The highest BCUT2D eigenvalue weighted by atomic mass is 32.2. The quantitative estimate of drug-likeness (QED) is 0.555. The Balaban J connectivity index is 1.58. The molecule has 2 nitrogen and oxygen atoms in total. The number of carbonyl (C=O) groups excluding carboxylic acids is 1. The second-order valence-corrected chi connectivity index (χ2v) is 14.4. The van der Waals surface area contributed by atoms with Gasteiger partial charge in [0.1, 0.15) is 11.2 Å². The van der Waals surface area contributed by atoms with Gasteiger partial charge in [-0.15, -0.1) is 35.3 Å². The molecule has 1 aliphatic carbocycles. The van der Waals surface area contributed by atoms with Crippen LogP contribution in [-0.4, -0.2) is 49.2 Å². The Morgan fingerprint density at radius 3 is 2.52 bits per heavy atom. The van der Waals surface area contributed by atoms with Gasteiger partial charge in [0.15, 0.2) is 0 Å². The third-order valence-corrected chi connectivity index (χ3v) is 14.2. The summed E-state index contributed by atoms with van der Waals surface area (Å²) in [4.78, 5) is 12.6. The lowest BCUT2D eigenvalue weighted by atomic mass is 9.56. The summed E-state index contributed by atoms with van der Waals surface area (Å²) in [5, 5.41) is 0.501. The summed E-state index contributed by atoms with van der Waals surface area (Å²) in [6.45, 7) is 2.27. The van der Waals surface area contributed by atoms with E-state index in [0.29, 0.717) is 15.2 Å². The number of thioether (sulfide) groups is 4. The summed E-state index contributed by atoms with van der Waals surface area (Å²) < 4.78 is 7.27. The topological polar surface area (TPSA) is 26.3 Å². The summed E-state index contributed by atoms with van der Waals surface area (Å²) in [6, 6.07) is 0. The van der Waals surface area contributed by atoms with Crippen molar-refractivity contribution in [2.75, 3.05) is 23.0 Å². The Morgan fingerprint density at radius 1 is 0.960 bits per heavy atom. The molecule has 140 valence electrons. The van der Waals surface area contributed by atoms with Crippen LogP contribution in [0.25, 0.3) is 0 Å². The third kappa shape index (κ3) is 2.49. The average molecular weight is 417 g/mol. The molecule has 0 amide bonds. The van der Waals surface area contributed by atoms with Crippen LogP contribution in [0.3, 0.4) is 0 Å². The van der Waals surface area contributed by atoms with Crippen molar-refractivity contribution in [3.8, 4) is 0 Å². The Bertz CT molecular complexity index is 566. The molecule has 4 saturated heterocycles. The van der Waals surface area contributed by atoms with Crippen molar-refractivity contribution in [3.05, 3.63) is 0 Å². The molecule has 5 fully saturated rings. The summed E-state index contributed by atoms with van der Waals surface area (Å²) in [5.74, 6) is 5.56. The van der Waals surface area contributed by atoms with Gasteiger partial charge in [-0.05, 0) is 80.8 Å². The molecule has 5 aliphatic rings. The monoisotopic (exact) mass is 416 g/mol. The van der Waals surface area contributed by atoms with Gasteiger partial charge < -0.3 is 9.53 Å². The highest BCUT2D eigenvalue weighted by Crippen LogP contribution is 2.71. The number of aldehydes is 1. The number of fused-ring (bicyclic) bond motifs is 4. The molecule has 0 radical (unpaired) electrons. The van der Waals surface area contributed by atoms with Crippen LogP contribution in [0.5, 0.6) is 0 Å². The molecular formula is C19H28O2S4. The van der Waals surface area contributed by atoms with Crippen LogP contribution in [0.4, 0.5) is 0 Å². The maximum Gasteiger partial charge on any atom is 0.129 e. The van der Waals surface area contributed by atoms with E-state index in [1.165, 1.54) is 55.0 Å². The normalized spacial score (nSPS) is 51.4. The van der Waals surface area contributed by atoms with Crippen molar-refractivity contribution in [3.63, 3.8) is 0 Å². The van der Waals surface area contributed by atoms with Crippen molar-refractivity contribution in [1.82, 2.24) is 0 Å². The highest BCUT2D eigenvalue weighted by molar-refractivity contribution is 8.18. The van der Waals surface area contributed by atoms with Gasteiger partial charge in [0.25, 0.3) is 0 Å². The van der Waals surface area contributed by atoms with Crippen molar-refractivity contribution in [2.24, 2.45) is 11.3 Å². The Kier molecular flexibility index (Phi) is 4.53. The molecule has 0 aromatic rings. The predicted molar refractivity (Wildman–Crippen MR) is 113 cm³/mol. The summed E-state index contributed by atoms with van der Waals surface area (Å²) in [7, 11) is 0. The Hall–Kier alpha value is 1.03. The molecule has 0 unspecified atom stereocenters. The number of carbonyl (C=O) groups is 1. The van der Waals surface area contributed by atoms with Crippen molar-refractivity contribution in [2.45, 2.75) is 71.7 Å². The lowest BCUT2D eigenvalue weighted by Crippen LogP contribution is -2.66. The fourth-order valence-electron chi connectivity index (χ4n) is 6.06. The van der Waals surface area contributed by atoms with Crippen LogP contribution >= 0.6 is 47.0 Å². The van der Waals surface area contributed by atoms with E-state index in [1.807, 2.05) is 0 Å². The third-order valence-electron chi connectivity index (χ3n) is 7.41. The second kappa shape index (κ2) is 6.27. The highest BCUT2D eigenvalue weighted by Gasteiger charge is 2.72. The zero-order chi connectivity index (χ0) is 17.2. The average Bonchev–Trinajstić information content (AvgIpc) is 2.80. The minimum Gasteiger partial charge on any atom is -0.356 e. The van der Waals surface area contributed by atoms with E-state index < -0.39 is 0 Å². The zero-order valence-corrected chi connectivity index (χ0v) is 18.2. The van der Waals surface area contributed by atoms with E-state index in [9.17, 15) is 4.79 Å². The van der Waals surface area contributed by atoms with Crippen LogP contribution < -0.4 is 0 Å². The lowest BCUT2D eigenvalue weighted by Gasteiger charge is -2.62. The van der Waals surface area contributed by atoms with Crippen LogP contribution in [-0.2, 0) is 9.53 Å². The van der Waals surface area contributed by atoms with Gasteiger partial charge in [-0.25, -0.2) is 0 Å². The molecule has 25 heavy (non-hydrogen) atoms. The van der Waals surface area contributed by atoms with E-state index in [4.69, 9.17) is 4.74 Å². The minimum atomic E-state index is -0.251. The molecule has 2 bridgehead atoms. The van der Waals surface area contributed by atoms with Gasteiger partial charge in [0.2, 0.25) is 0 Å². The van der Waals surface area contributed by atoms with Crippen molar-refractivity contribution >= 4 is 53.3 Å². The molecular weight excluding hydrogens is 388 g/mol. The first-order chi connectivity index (χ1) is 12.1. The molecule has 0 aromatic carbocycles. The van der Waals surface area contributed by atoms with E-state index in [0.717, 1.165) is 19.3 Å². The maximum absolute atomic E-state index is 12.6. The summed E-state index contributed by atoms with van der Waals surface area (Å²) in [5.41, 5.74) is -0.487. The fraction of sp³-hybridized carbons (Fsp3) is 0.947. The molecule has 0 N–H and O–H groups in total. The van der Waals surface area contributed by atoms with Gasteiger partial charge in [0.05, 0.1) is 15.1 Å². The molecule has 5 atom stereocenters. The number of rotatable bonds is 1. The van der Waals surface area contributed by atoms with Gasteiger partial charge in [-0.3, -0.25) is 0 Å². The molecule has 0 aromatic heterocycles. The SMILES string of the molecule is C[C@@]12CC[C@]3(O1)SCCCS[C@H]3[C@H]1CC3(CC[C@@]12C=O)SCCCS3. The zero-order valence-electron chi connectivity index (χ0n) is 15.0. The van der Waals surface area contributed by atoms with Gasteiger partial charge in [-0.1, -0.05) is 0 Å². The van der Waals surface area contributed by atoms with Crippen molar-refractivity contribution < 1.29 is 9.53 Å². The van der Waals surface area contributed by atoms with Gasteiger partial charge in [0, 0.05) is 5.25 Å². The number of hydrogen-bond acceptors (Lipinski definition) is 6. The molecule has 1 saturated carbocycles. The molecule has 5 rings (SSSR count). The Morgan fingerprint density at radius 2 is 1.72 bits per heavy atom.